The van der Waals surface area contributed by atoms with Gasteiger partial charge in [-0.3, -0.25) is 38.5 Å². The minimum absolute atomic E-state index is 0.0663. The molecule has 2 unspecified atom stereocenters. The molecular weight excluding hydrogens is 1140 g/mol. The summed E-state index contributed by atoms with van der Waals surface area (Å²) in [6.07, 6.45) is 8.81. The van der Waals surface area contributed by atoms with Gasteiger partial charge in [-0.15, -0.1) is 0 Å². The summed E-state index contributed by atoms with van der Waals surface area (Å²) in [7, 11) is 4.64. The zero-order valence-corrected chi connectivity index (χ0v) is 51.1. The Labute approximate surface area is 517 Å². The number of carbonyl (C=O) groups is 8. The summed E-state index contributed by atoms with van der Waals surface area (Å²) >= 11 is 0. The maximum Gasteiger partial charge on any atom is 0.416 e. The topological polar surface area (TPSA) is 273 Å². The predicted octanol–water partition coefficient (Wildman–Crippen LogP) is 7.56. The fourth-order valence-electron chi connectivity index (χ4n) is 12.0. The molecule has 0 aromatic heterocycles. The summed E-state index contributed by atoms with van der Waals surface area (Å²) in [5.74, 6) is -0.604. The number of hydrogen-bond acceptors (Lipinski definition) is 16. The molecule has 23 heteroatoms. The van der Waals surface area contributed by atoms with Crippen LogP contribution < -0.4 is 49.9 Å². The first-order valence-corrected chi connectivity index (χ1v) is 30.5. The largest absolute Gasteiger partial charge is 0.497 e. The van der Waals surface area contributed by atoms with E-state index < -0.39 is 42.3 Å². The van der Waals surface area contributed by atoms with Crippen molar-refractivity contribution in [2.75, 3.05) is 69.7 Å². The minimum atomic E-state index is -1.45. The molecule has 10 rings (SSSR count). The van der Waals surface area contributed by atoms with Crippen LogP contribution in [-0.2, 0) is 35.3 Å². The van der Waals surface area contributed by atoms with E-state index in [1.54, 1.807) is 74.3 Å². The van der Waals surface area contributed by atoms with Crippen LogP contribution in [0.2, 0.25) is 0 Å². The molecule has 8 amide bonds. The summed E-state index contributed by atoms with van der Waals surface area (Å²) in [6.45, 7) is 6.72. The quantitative estimate of drug-likeness (QED) is 0.0300. The minimum Gasteiger partial charge on any atom is -0.497 e. The van der Waals surface area contributed by atoms with E-state index in [-0.39, 0.29) is 95.8 Å². The molecule has 472 valence electrons. The molecule has 5 aliphatic heterocycles. The highest BCUT2D eigenvalue weighted by atomic mass is 16.6. The molecule has 1 aliphatic carbocycles. The molecule has 23 nitrogen and oxygen atoms in total. The van der Waals surface area contributed by atoms with Crippen LogP contribution in [0.3, 0.4) is 0 Å². The van der Waals surface area contributed by atoms with E-state index in [2.05, 4.69) is 21.3 Å². The molecule has 5 heterocycles. The Morgan fingerprint density at radius 1 is 0.730 bits per heavy atom. The number of nitrogens with one attached hydrogen (secondary N) is 4. The number of carbonyl (C=O) groups excluding carboxylic acids is 8. The van der Waals surface area contributed by atoms with Crippen molar-refractivity contribution in [1.29, 1.82) is 0 Å². The van der Waals surface area contributed by atoms with Gasteiger partial charge in [0.25, 0.3) is 23.6 Å². The summed E-state index contributed by atoms with van der Waals surface area (Å²) in [5, 5.41) is 23.8. The maximum atomic E-state index is 14.4. The van der Waals surface area contributed by atoms with Crippen molar-refractivity contribution >= 4 is 70.1 Å². The number of unbranched alkanes of at least 4 members (excludes halogenated alkanes) is 4. The second-order valence-electron chi connectivity index (χ2n) is 23.9. The third kappa shape index (κ3) is 14.2. The average molecular weight is 1220 g/mol. The van der Waals surface area contributed by atoms with Gasteiger partial charge in [0.05, 0.1) is 69.1 Å². The lowest BCUT2D eigenvalue weighted by Gasteiger charge is -2.31. The van der Waals surface area contributed by atoms with E-state index in [0.29, 0.717) is 105 Å². The number of aliphatic hydroxyl groups is 1. The number of aliphatic hydroxyl groups excluding tert-OH is 1. The number of anilines is 3. The maximum absolute atomic E-state index is 14.4. The van der Waals surface area contributed by atoms with E-state index in [9.17, 15) is 43.5 Å². The predicted molar refractivity (Wildman–Crippen MR) is 328 cm³/mol. The van der Waals surface area contributed by atoms with Crippen LogP contribution in [0.15, 0.2) is 91.1 Å². The Morgan fingerprint density at radius 3 is 2.04 bits per heavy atom. The molecule has 5 atom stereocenters. The standard InChI is InChI=1S/C66H78N8O15/c1-39(2)59(70-56(75)13-9-7-10-26-71-57(76)22-23-58(71)77)61(79)68-40(3)60(78)69-44-18-14-41(15-19-44)37-89-65(83)74-50-33-55(53(86-6)31-48(50)63(81)73-38-66(24-25-66)34-51(73)64(74)82)88-28-12-8-11-27-87-54-32-49-47(30-52(54)85-5)62(80)72-36-43(29-45(72)35-67-49)42-16-20-46(84-4)21-17-42/h14-23,30-33,36,39-40,45,51,59,64,67,82H,7-13,24-29,34-35,37-38H2,1-6H3,(H,68,79)(H,69,78)(H,70,75)/t40-,45+,51?,59+,64?/m0/s1. The highest BCUT2D eigenvalue weighted by Gasteiger charge is 2.58. The fraction of sp³-hybridized carbons (Fsp3) is 0.455. The van der Waals surface area contributed by atoms with Crippen LogP contribution in [0, 0.1) is 11.3 Å². The molecule has 6 aliphatic rings. The Kier molecular flexibility index (Phi) is 19.4. The van der Waals surface area contributed by atoms with Crippen molar-refractivity contribution in [3.63, 3.8) is 0 Å². The Morgan fingerprint density at radius 2 is 1.39 bits per heavy atom. The van der Waals surface area contributed by atoms with E-state index in [4.69, 9.17) is 28.4 Å². The molecule has 1 spiro atoms. The number of ether oxygens (including phenoxy) is 6. The highest BCUT2D eigenvalue weighted by Crippen LogP contribution is 2.57. The first-order chi connectivity index (χ1) is 42.9. The van der Waals surface area contributed by atoms with Gasteiger partial charge in [-0.05, 0) is 129 Å². The average Bonchev–Trinajstić information content (AvgIpc) is 1.62. The number of hydrogen-bond donors (Lipinski definition) is 5. The van der Waals surface area contributed by atoms with Crippen molar-refractivity contribution in [3.8, 4) is 28.7 Å². The monoisotopic (exact) mass is 1220 g/mol. The lowest BCUT2D eigenvalue weighted by Crippen LogP contribution is -2.53. The zero-order chi connectivity index (χ0) is 63.1. The Hall–Kier alpha value is -9.12. The molecule has 4 aromatic carbocycles. The number of methoxy groups -OCH3 is 3. The molecule has 4 aromatic rings. The zero-order valence-electron chi connectivity index (χ0n) is 51.1. The van der Waals surface area contributed by atoms with Crippen molar-refractivity contribution in [2.45, 2.75) is 128 Å². The summed E-state index contributed by atoms with van der Waals surface area (Å²) in [4.78, 5) is 111. The van der Waals surface area contributed by atoms with Crippen molar-refractivity contribution in [3.05, 3.63) is 113 Å². The van der Waals surface area contributed by atoms with Gasteiger partial charge in [0, 0.05) is 62.2 Å². The Balaban J connectivity index is 0.712. The normalized spacial score (nSPS) is 19.2. The number of imide groups is 1. The van der Waals surface area contributed by atoms with Crippen molar-refractivity contribution in [2.24, 2.45) is 11.3 Å². The number of fused-ring (bicyclic) bond motifs is 4. The fourth-order valence-corrected chi connectivity index (χ4v) is 12.0. The third-order valence-corrected chi connectivity index (χ3v) is 17.3. The molecule has 1 saturated carbocycles. The van der Waals surface area contributed by atoms with Gasteiger partial charge in [0.15, 0.2) is 29.2 Å². The van der Waals surface area contributed by atoms with Crippen LogP contribution in [-0.4, -0.2) is 152 Å². The molecule has 89 heavy (non-hydrogen) atoms. The third-order valence-electron chi connectivity index (χ3n) is 17.3. The first-order valence-electron chi connectivity index (χ1n) is 30.5. The van der Waals surface area contributed by atoms with Crippen LogP contribution in [0.5, 0.6) is 28.7 Å². The first kappa shape index (κ1) is 62.9. The summed E-state index contributed by atoms with van der Waals surface area (Å²) in [6, 6.07) is 18.3. The summed E-state index contributed by atoms with van der Waals surface area (Å²) < 4.78 is 35.2. The van der Waals surface area contributed by atoms with Gasteiger partial charge in [0.1, 0.15) is 24.4 Å². The van der Waals surface area contributed by atoms with Gasteiger partial charge in [0.2, 0.25) is 17.7 Å². The molecule has 2 fully saturated rings. The van der Waals surface area contributed by atoms with Gasteiger partial charge in [-0.2, -0.15) is 0 Å². The van der Waals surface area contributed by atoms with Gasteiger partial charge in [-0.25, -0.2) is 9.69 Å². The Bertz CT molecular complexity index is 3400. The van der Waals surface area contributed by atoms with Gasteiger partial charge < -0.3 is 64.6 Å². The van der Waals surface area contributed by atoms with Crippen molar-refractivity contribution < 1.29 is 71.9 Å². The van der Waals surface area contributed by atoms with E-state index in [1.165, 1.54) is 32.3 Å². The second-order valence-corrected chi connectivity index (χ2v) is 23.9. The van der Waals surface area contributed by atoms with E-state index in [1.807, 2.05) is 36.5 Å². The number of nitrogens with zero attached hydrogens (tertiary/aromatic N) is 4. The number of rotatable bonds is 26. The van der Waals surface area contributed by atoms with Crippen LogP contribution in [0.4, 0.5) is 21.9 Å². The lowest BCUT2D eigenvalue weighted by molar-refractivity contribution is -0.137. The number of amides is 8. The highest BCUT2D eigenvalue weighted by molar-refractivity contribution is 6.13. The second kappa shape index (κ2) is 27.5. The van der Waals surface area contributed by atoms with Crippen LogP contribution in [0.25, 0.3) is 5.57 Å². The van der Waals surface area contributed by atoms with Crippen LogP contribution >= 0.6 is 0 Å². The molecule has 0 radical (unpaired) electrons. The molecular formula is C66H78N8O15. The van der Waals surface area contributed by atoms with Gasteiger partial charge in [-0.1, -0.05) is 44.5 Å². The molecule has 5 N–H and O–H groups in total. The number of benzene rings is 4. The lowest BCUT2D eigenvalue weighted by atomic mass is 10.0. The van der Waals surface area contributed by atoms with Crippen molar-refractivity contribution in [1.82, 2.24) is 25.3 Å². The SMILES string of the molecule is COc1ccc(C2=CN3C(=O)c4cc(OC)c(OCCCCCOc5cc6c(cc5OC)C(=O)N5CC7(CC7)CC5C(O)N6C(=O)OCc5ccc(NC(=O)[C@H](C)NC(=O)[C@H](NC(=O)CCCCCN6C(=O)C=CC6=O)C(C)C)cc5)cc4NC[C@H]3C2)cc1. The van der Waals surface area contributed by atoms with E-state index in [0.717, 1.165) is 39.5 Å². The molecule has 0 bridgehead atoms. The van der Waals surface area contributed by atoms with Gasteiger partial charge >= 0.3 is 6.09 Å². The van der Waals surface area contributed by atoms with E-state index >= 15 is 0 Å². The van der Waals surface area contributed by atoms with Crippen LogP contribution in [0.1, 0.15) is 123 Å². The molecule has 1 saturated heterocycles. The summed E-state index contributed by atoms with van der Waals surface area (Å²) in [5.41, 5.74) is 4.35. The smallest absolute Gasteiger partial charge is 0.416 e.